The van der Waals surface area contributed by atoms with E-state index in [-0.39, 0.29) is 0 Å². The Balaban J connectivity index is 1.28. The summed E-state index contributed by atoms with van der Waals surface area (Å²) in [6, 6.07) is 8.28. The molecule has 4 heterocycles. The average Bonchev–Trinajstić information content (AvgIpc) is 3.29. The molecule has 8 nitrogen and oxygen atoms in total. The molecule has 1 aliphatic heterocycles. The topological polar surface area (TPSA) is 81.0 Å². The maximum atomic E-state index is 5.90. The predicted molar refractivity (Wildman–Crippen MR) is 106 cm³/mol. The molecule has 3 aromatic rings. The van der Waals surface area contributed by atoms with E-state index in [1.165, 1.54) is 12.8 Å². The molecule has 0 bridgehead atoms. The summed E-state index contributed by atoms with van der Waals surface area (Å²) in [7, 11) is 0. The van der Waals surface area contributed by atoms with Gasteiger partial charge in [0.05, 0.1) is 12.0 Å². The summed E-state index contributed by atoms with van der Waals surface area (Å²) in [6.45, 7) is 1.95. The number of pyridine rings is 2. The molecule has 1 N–H and O–H groups in total. The summed E-state index contributed by atoms with van der Waals surface area (Å²) in [5, 5.41) is 11.4. The first-order valence-corrected chi connectivity index (χ1v) is 10.1. The molecule has 0 saturated heterocycles. The summed E-state index contributed by atoms with van der Waals surface area (Å²) in [5.74, 6) is 2.39. The van der Waals surface area contributed by atoms with Gasteiger partial charge in [0.1, 0.15) is 5.69 Å². The Morgan fingerprint density at radius 3 is 2.82 bits per heavy atom. The number of anilines is 1. The Morgan fingerprint density at radius 1 is 1.18 bits per heavy atom. The lowest BCUT2D eigenvalue weighted by Gasteiger charge is -2.17. The van der Waals surface area contributed by atoms with Crippen LogP contribution in [-0.2, 0) is 4.84 Å². The lowest BCUT2D eigenvalue weighted by atomic mass is 10.2. The fourth-order valence-electron chi connectivity index (χ4n) is 3.02. The summed E-state index contributed by atoms with van der Waals surface area (Å²) in [6.07, 6.45) is 9.53. The van der Waals surface area contributed by atoms with Crippen LogP contribution in [0, 0.1) is 6.92 Å². The molecule has 1 aliphatic carbocycles. The summed E-state index contributed by atoms with van der Waals surface area (Å²) in [5.41, 5.74) is 6.01. The molecule has 9 heteroatoms. The van der Waals surface area contributed by atoms with E-state index in [0.29, 0.717) is 11.8 Å². The third-order valence-corrected chi connectivity index (χ3v) is 5.49. The molecule has 0 unspecified atom stereocenters. The Bertz CT molecular complexity index is 1020. The predicted octanol–water partition coefficient (Wildman–Crippen LogP) is 3.27. The summed E-state index contributed by atoms with van der Waals surface area (Å²) < 4.78 is 2.24. The monoisotopic (exact) mass is 393 g/mol. The van der Waals surface area contributed by atoms with Crippen LogP contribution in [0.1, 0.15) is 24.6 Å². The Morgan fingerprint density at radius 2 is 2.04 bits per heavy atom. The second-order valence-electron chi connectivity index (χ2n) is 6.71. The van der Waals surface area contributed by atoms with Gasteiger partial charge in [-0.2, -0.15) is 0 Å². The molecule has 0 radical (unpaired) electrons. The van der Waals surface area contributed by atoms with Crippen LogP contribution >= 0.6 is 11.8 Å². The van der Waals surface area contributed by atoms with Gasteiger partial charge in [-0.05, 0) is 44.0 Å². The third kappa shape index (κ3) is 3.40. The van der Waals surface area contributed by atoms with Gasteiger partial charge >= 0.3 is 0 Å². The summed E-state index contributed by atoms with van der Waals surface area (Å²) in [4.78, 5) is 14.2. The number of hydrogen-bond donors (Lipinski definition) is 1. The molecule has 1 fully saturated rings. The minimum atomic E-state index is 0.480. The van der Waals surface area contributed by atoms with E-state index in [1.807, 2.05) is 37.4 Å². The van der Waals surface area contributed by atoms with Crippen LogP contribution in [0.2, 0.25) is 0 Å². The number of nitrogens with one attached hydrogen (secondary N) is 1. The minimum absolute atomic E-state index is 0.480. The number of aromatic nitrogens is 5. The number of hydrogen-bond acceptors (Lipinski definition) is 8. The van der Waals surface area contributed by atoms with Gasteiger partial charge in [-0.25, -0.2) is 0 Å². The van der Waals surface area contributed by atoms with Gasteiger partial charge in [0.2, 0.25) is 0 Å². The maximum absolute atomic E-state index is 5.90. The lowest BCUT2D eigenvalue weighted by molar-refractivity contribution is 0.194. The van der Waals surface area contributed by atoms with Gasteiger partial charge in [0.15, 0.2) is 16.7 Å². The fraction of sp³-hybridized carbons (Fsp3) is 0.263. The van der Waals surface area contributed by atoms with Crippen molar-refractivity contribution in [2.75, 3.05) is 10.9 Å². The van der Waals surface area contributed by atoms with Crippen LogP contribution < -0.4 is 10.6 Å². The number of nitrogens with zero attached hydrogens (tertiary/aromatic N) is 6. The molecule has 0 spiro atoms. The van der Waals surface area contributed by atoms with Gasteiger partial charge < -0.3 is 4.84 Å². The Labute approximate surface area is 166 Å². The van der Waals surface area contributed by atoms with Crippen LogP contribution in [0.5, 0.6) is 0 Å². The molecule has 1 saturated carbocycles. The zero-order valence-corrected chi connectivity index (χ0v) is 16.1. The van der Waals surface area contributed by atoms with Crippen molar-refractivity contribution in [3.63, 3.8) is 0 Å². The molecular weight excluding hydrogens is 374 g/mol. The van der Waals surface area contributed by atoms with E-state index in [9.17, 15) is 0 Å². The second-order valence-corrected chi connectivity index (χ2v) is 7.66. The third-order valence-electron chi connectivity index (χ3n) is 4.52. The molecule has 2 aliphatic rings. The van der Waals surface area contributed by atoms with Crippen LogP contribution in [0.4, 0.5) is 5.69 Å². The fourth-order valence-corrected chi connectivity index (χ4v) is 3.90. The maximum Gasteiger partial charge on any atom is 0.192 e. The molecular formula is C19H19N7OS. The standard InChI is InChI=1S/C19H19N7OS/c1-13-10-16(6-9-21-13)26-22-11-17(27-26)12-28-19-24-23-18(25(19)15-2-3-15)14-4-7-20-8-5-14/h4-11,15,22H,2-3,12H2,1H3. The highest BCUT2D eigenvalue weighted by Gasteiger charge is 2.30. The van der Waals surface area contributed by atoms with E-state index >= 15 is 0 Å². The molecule has 0 atom stereocenters. The zero-order chi connectivity index (χ0) is 18.9. The molecule has 0 amide bonds. The molecule has 28 heavy (non-hydrogen) atoms. The first-order valence-electron chi connectivity index (χ1n) is 9.12. The summed E-state index contributed by atoms with van der Waals surface area (Å²) >= 11 is 1.63. The quantitative estimate of drug-likeness (QED) is 0.639. The van der Waals surface area contributed by atoms with Crippen LogP contribution in [0.15, 0.2) is 60.0 Å². The van der Waals surface area contributed by atoms with Gasteiger partial charge in [-0.3, -0.25) is 20.0 Å². The van der Waals surface area contributed by atoms with E-state index in [1.54, 1.807) is 35.5 Å². The number of aryl methyl sites for hydroxylation is 1. The smallest absolute Gasteiger partial charge is 0.192 e. The van der Waals surface area contributed by atoms with Crippen molar-refractivity contribution in [1.29, 1.82) is 0 Å². The van der Waals surface area contributed by atoms with Crippen molar-refractivity contribution < 1.29 is 4.84 Å². The van der Waals surface area contributed by atoms with Gasteiger partial charge in [-0.15, -0.1) is 15.4 Å². The molecule has 0 aromatic carbocycles. The number of thioether (sulfide) groups is 1. The van der Waals surface area contributed by atoms with Crippen molar-refractivity contribution in [3.05, 3.63) is 60.5 Å². The van der Waals surface area contributed by atoms with Gasteiger partial charge in [0, 0.05) is 35.9 Å². The van der Waals surface area contributed by atoms with Crippen LogP contribution in [-0.4, -0.2) is 30.5 Å². The van der Waals surface area contributed by atoms with Crippen LogP contribution in [0.25, 0.3) is 11.4 Å². The number of hydrazine groups is 1. The van der Waals surface area contributed by atoms with E-state index in [4.69, 9.17) is 4.84 Å². The van der Waals surface area contributed by atoms with Crippen LogP contribution in [0.3, 0.4) is 0 Å². The van der Waals surface area contributed by atoms with Crippen molar-refractivity contribution >= 4 is 17.4 Å². The molecule has 3 aromatic heterocycles. The first-order chi connectivity index (χ1) is 13.8. The van der Waals surface area contributed by atoms with E-state index in [2.05, 4.69) is 30.2 Å². The van der Waals surface area contributed by atoms with Crippen molar-refractivity contribution in [3.8, 4) is 11.4 Å². The second kappa shape index (κ2) is 7.16. The normalized spacial score (nSPS) is 15.9. The largest absolute Gasteiger partial charge is 0.361 e. The van der Waals surface area contributed by atoms with E-state index < -0.39 is 0 Å². The Kier molecular flexibility index (Phi) is 4.36. The molecule has 5 rings (SSSR count). The zero-order valence-electron chi connectivity index (χ0n) is 15.3. The van der Waals surface area contributed by atoms with Crippen molar-refractivity contribution in [2.45, 2.75) is 31.0 Å². The molecule has 142 valence electrons. The SMILES string of the molecule is Cc1cc(N2NC=C(CSc3nnc(-c4ccncc4)n3C3CC3)O2)ccn1. The minimum Gasteiger partial charge on any atom is -0.361 e. The highest BCUT2D eigenvalue weighted by Crippen LogP contribution is 2.41. The lowest BCUT2D eigenvalue weighted by Crippen LogP contribution is -2.28. The van der Waals surface area contributed by atoms with Crippen molar-refractivity contribution in [1.82, 2.24) is 30.2 Å². The average molecular weight is 393 g/mol. The number of rotatable bonds is 6. The van der Waals surface area contributed by atoms with Gasteiger partial charge in [-0.1, -0.05) is 11.8 Å². The highest BCUT2D eigenvalue weighted by molar-refractivity contribution is 7.99. The highest BCUT2D eigenvalue weighted by atomic mass is 32.2. The van der Waals surface area contributed by atoms with Crippen molar-refractivity contribution in [2.24, 2.45) is 0 Å². The van der Waals surface area contributed by atoms with E-state index in [0.717, 1.165) is 33.7 Å². The Hall–Kier alpha value is -3.07. The first kappa shape index (κ1) is 17.1. The van der Waals surface area contributed by atoms with Gasteiger partial charge in [0.25, 0.3) is 0 Å².